The van der Waals surface area contributed by atoms with Gasteiger partial charge in [-0.05, 0) is 36.8 Å². The summed E-state index contributed by atoms with van der Waals surface area (Å²) in [5, 5.41) is 0. The molecule has 114 valence electrons. The number of rotatable bonds is 8. The van der Waals surface area contributed by atoms with Crippen molar-refractivity contribution in [2.24, 2.45) is 0 Å². The Kier molecular flexibility index (Phi) is 7.37. The third kappa shape index (κ3) is 4.38. The average molecular weight is 336 g/mol. The van der Waals surface area contributed by atoms with Gasteiger partial charge in [0.15, 0.2) is 0 Å². The summed E-state index contributed by atoms with van der Waals surface area (Å²) >= 11 is 7.34. The molecule has 1 atom stereocenters. The summed E-state index contributed by atoms with van der Waals surface area (Å²) < 4.78 is 26.6. The van der Waals surface area contributed by atoms with Crippen LogP contribution >= 0.6 is 23.4 Å². The number of aryl methyl sites for hydroxylation is 1. The van der Waals surface area contributed by atoms with Gasteiger partial charge >= 0.3 is 0 Å². The second-order valence-corrected chi connectivity index (χ2v) is 7.91. The molecular weight excluding hydrogens is 314 g/mol. The first-order chi connectivity index (χ1) is 9.47. The number of sulfonamides is 1. The summed E-state index contributed by atoms with van der Waals surface area (Å²) in [5.41, 5.74) is 1.05. The summed E-state index contributed by atoms with van der Waals surface area (Å²) in [6.07, 6.45) is 3.55. The minimum absolute atomic E-state index is 0.0255. The fourth-order valence-corrected chi connectivity index (χ4v) is 4.56. The molecule has 0 saturated heterocycles. The van der Waals surface area contributed by atoms with E-state index in [2.05, 4.69) is 0 Å². The molecule has 20 heavy (non-hydrogen) atoms. The molecule has 0 saturated carbocycles. The smallest absolute Gasteiger partial charge is 0.207 e. The maximum Gasteiger partial charge on any atom is 0.243 e. The molecule has 0 aliphatic heterocycles. The monoisotopic (exact) mass is 335 g/mol. The highest BCUT2D eigenvalue weighted by Crippen LogP contribution is 2.20. The summed E-state index contributed by atoms with van der Waals surface area (Å²) in [7, 11) is -1.76. The quantitative estimate of drug-likeness (QED) is 0.684. The van der Waals surface area contributed by atoms with Crippen molar-refractivity contribution < 1.29 is 8.42 Å². The van der Waals surface area contributed by atoms with E-state index in [1.807, 2.05) is 25.3 Å². The van der Waals surface area contributed by atoms with E-state index in [0.717, 1.165) is 24.2 Å². The predicted octanol–water partition coefficient (Wildman–Crippen LogP) is 3.23. The Hall–Kier alpha value is -0.230. The highest BCUT2D eigenvalue weighted by Gasteiger charge is 2.26. The molecular formula is C14H22ClNO2S2. The molecule has 0 aliphatic rings. The Labute approximate surface area is 131 Å². The van der Waals surface area contributed by atoms with E-state index < -0.39 is 10.0 Å². The summed E-state index contributed by atoms with van der Waals surface area (Å²) in [4.78, 5) is 0.345. The van der Waals surface area contributed by atoms with Crippen LogP contribution in [-0.4, -0.2) is 43.7 Å². The number of hydrogen-bond donors (Lipinski definition) is 0. The molecule has 1 unspecified atom stereocenters. The molecule has 0 amide bonds. The topological polar surface area (TPSA) is 37.4 Å². The first-order valence-corrected chi connectivity index (χ1v) is 9.96. The highest BCUT2D eigenvalue weighted by molar-refractivity contribution is 7.98. The van der Waals surface area contributed by atoms with E-state index in [1.165, 1.54) is 4.31 Å². The van der Waals surface area contributed by atoms with Crippen LogP contribution in [0.2, 0.25) is 0 Å². The Morgan fingerprint density at radius 2 is 1.90 bits per heavy atom. The van der Waals surface area contributed by atoms with Gasteiger partial charge in [-0.3, -0.25) is 0 Å². The molecule has 1 aromatic carbocycles. The molecule has 1 aromatic rings. The van der Waals surface area contributed by atoms with Crippen LogP contribution in [0.1, 0.15) is 18.9 Å². The van der Waals surface area contributed by atoms with Gasteiger partial charge in [-0.1, -0.05) is 19.1 Å². The van der Waals surface area contributed by atoms with Crippen molar-refractivity contribution in [1.82, 2.24) is 4.31 Å². The van der Waals surface area contributed by atoms with Gasteiger partial charge in [-0.25, -0.2) is 8.42 Å². The van der Waals surface area contributed by atoms with Gasteiger partial charge in [0, 0.05) is 24.7 Å². The van der Waals surface area contributed by atoms with Gasteiger partial charge in [0.05, 0.1) is 4.90 Å². The maximum atomic E-state index is 12.6. The Bertz CT molecular complexity index is 502. The van der Waals surface area contributed by atoms with Crippen LogP contribution in [0, 0.1) is 0 Å². The SMILES string of the molecule is CCC(CSC)N(C)S(=O)(=O)c1ccc(CCCl)cc1. The van der Waals surface area contributed by atoms with Crippen LogP contribution in [0.3, 0.4) is 0 Å². The molecule has 0 aromatic heterocycles. The van der Waals surface area contributed by atoms with E-state index >= 15 is 0 Å². The van der Waals surface area contributed by atoms with E-state index in [4.69, 9.17) is 11.6 Å². The highest BCUT2D eigenvalue weighted by atomic mass is 35.5. The zero-order valence-corrected chi connectivity index (χ0v) is 14.6. The number of alkyl halides is 1. The first-order valence-electron chi connectivity index (χ1n) is 6.59. The molecule has 3 nitrogen and oxygen atoms in total. The fourth-order valence-electron chi connectivity index (χ4n) is 1.97. The summed E-state index contributed by atoms with van der Waals surface area (Å²) in [5.74, 6) is 1.34. The third-order valence-electron chi connectivity index (χ3n) is 3.33. The second kappa shape index (κ2) is 8.27. The molecule has 0 radical (unpaired) electrons. The normalized spacial score (nSPS) is 13.7. The van der Waals surface area contributed by atoms with Crippen molar-refractivity contribution in [3.05, 3.63) is 29.8 Å². The number of nitrogens with zero attached hydrogens (tertiary/aromatic N) is 1. The van der Waals surface area contributed by atoms with Crippen LogP contribution in [0.25, 0.3) is 0 Å². The van der Waals surface area contributed by atoms with Crippen LogP contribution in [0.5, 0.6) is 0 Å². The van der Waals surface area contributed by atoms with Gasteiger partial charge in [0.2, 0.25) is 10.0 Å². The third-order valence-corrected chi connectivity index (χ3v) is 6.16. The summed E-state index contributed by atoms with van der Waals surface area (Å²) in [6, 6.07) is 7.02. The van der Waals surface area contributed by atoms with E-state index in [0.29, 0.717) is 10.8 Å². The van der Waals surface area contributed by atoms with E-state index in [-0.39, 0.29) is 6.04 Å². The lowest BCUT2D eigenvalue weighted by atomic mass is 10.2. The van der Waals surface area contributed by atoms with Crippen LogP contribution in [-0.2, 0) is 16.4 Å². The van der Waals surface area contributed by atoms with E-state index in [1.54, 1.807) is 30.9 Å². The van der Waals surface area contributed by atoms with Crippen molar-refractivity contribution in [2.75, 3.05) is 24.9 Å². The first kappa shape index (κ1) is 17.8. The predicted molar refractivity (Wildman–Crippen MR) is 88.3 cm³/mol. The van der Waals surface area contributed by atoms with E-state index in [9.17, 15) is 8.42 Å². The minimum Gasteiger partial charge on any atom is -0.207 e. The van der Waals surface area contributed by atoms with Gasteiger partial charge in [-0.15, -0.1) is 11.6 Å². The van der Waals surface area contributed by atoms with Crippen molar-refractivity contribution in [2.45, 2.75) is 30.7 Å². The van der Waals surface area contributed by atoms with Crippen molar-refractivity contribution >= 4 is 33.4 Å². The molecule has 6 heteroatoms. The van der Waals surface area contributed by atoms with Gasteiger partial charge in [-0.2, -0.15) is 16.1 Å². The standard InChI is InChI=1S/C14H22ClNO2S2/c1-4-13(11-19-3)16(2)20(17,18)14-7-5-12(6-8-14)9-10-15/h5-8,13H,4,9-11H2,1-3H3. The Morgan fingerprint density at radius 3 is 2.35 bits per heavy atom. The van der Waals surface area contributed by atoms with Crippen molar-refractivity contribution in [3.63, 3.8) is 0 Å². The molecule has 0 fully saturated rings. The maximum absolute atomic E-state index is 12.6. The lowest BCUT2D eigenvalue weighted by Gasteiger charge is -2.26. The van der Waals surface area contributed by atoms with Crippen LogP contribution < -0.4 is 0 Å². The number of benzene rings is 1. The van der Waals surface area contributed by atoms with Gasteiger partial charge in [0.25, 0.3) is 0 Å². The van der Waals surface area contributed by atoms with Crippen LogP contribution in [0.15, 0.2) is 29.2 Å². The lowest BCUT2D eigenvalue weighted by Crippen LogP contribution is -2.38. The molecule has 0 spiro atoms. The molecule has 0 aliphatic carbocycles. The zero-order chi connectivity index (χ0) is 15.2. The van der Waals surface area contributed by atoms with Gasteiger partial charge < -0.3 is 0 Å². The molecule has 0 N–H and O–H groups in total. The van der Waals surface area contributed by atoms with Crippen molar-refractivity contribution in [3.8, 4) is 0 Å². The second-order valence-electron chi connectivity index (χ2n) is 4.62. The fraction of sp³-hybridized carbons (Fsp3) is 0.571. The van der Waals surface area contributed by atoms with Gasteiger partial charge in [0.1, 0.15) is 0 Å². The molecule has 0 heterocycles. The largest absolute Gasteiger partial charge is 0.243 e. The van der Waals surface area contributed by atoms with Crippen LogP contribution in [0.4, 0.5) is 0 Å². The number of halogens is 1. The van der Waals surface area contributed by atoms with Crippen molar-refractivity contribution in [1.29, 1.82) is 0 Å². The Balaban J connectivity index is 2.97. The zero-order valence-electron chi connectivity index (χ0n) is 12.2. The number of thioether (sulfide) groups is 1. The Morgan fingerprint density at radius 1 is 1.30 bits per heavy atom. The molecule has 0 bridgehead atoms. The molecule has 1 rings (SSSR count). The number of hydrogen-bond acceptors (Lipinski definition) is 3. The summed E-state index contributed by atoms with van der Waals surface area (Å²) in [6.45, 7) is 2.01. The average Bonchev–Trinajstić information content (AvgIpc) is 2.45. The lowest BCUT2D eigenvalue weighted by molar-refractivity contribution is 0.385. The minimum atomic E-state index is -3.42.